The molecular formula is C17H21N3O2. The van der Waals surface area contributed by atoms with Gasteiger partial charge < -0.3 is 10.2 Å². The number of hydrogen-bond donors (Lipinski definition) is 1. The maximum atomic E-state index is 12.2. The van der Waals surface area contributed by atoms with Crippen LogP contribution in [0.15, 0.2) is 30.3 Å². The number of rotatable bonds is 4. The fourth-order valence-electron chi connectivity index (χ4n) is 2.67. The van der Waals surface area contributed by atoms with E-state index in [1.165, 1.54) is 0 Å². The minimum atomic E-state index is -0.458. The van der Waals surface area contributed by atoms with Gasteiger partial charge in [0.15, 0.2) is 0 Å². The first kappa shape index (κ1) is 16.0. The molecule has 0 radical (unpaired) electrons. The van der Waals surface area contributed by atoms with E-state index in [0.717, 1.165) is 18.5 Å². The van der Waals surface area contributed by atoms with Crippen LogP contribution in [0, 0.1) is 16.7 Å². The lowest BCUT2D eigenvalue weighted by Gasteiger charge is -2.36. The van der Waals surface area contributed by atoms with Crippen LogP contribution in [0.25, 0.3) is 0 Å². The number of nitrogens with zero attached hydrogens (tertiary/aromatic N) is 2. The Bertz CT molecular complexity index is 579. The van der Waals surface area contributed by atoms with Crippen LogP contribution in [-0.4, -0.2) is 29.8 Å². The first-order valence-electron chi connectivity index (χ1n) is 7.56. The van der Waals surface area contributed by atoms with Crippen LogP contribution in [0.4, 0.5) is 5.69 Å². The monoisotopic (exact) mass is 299 g/mol. The van der Waals surface area contributed by atoms with Crippen LogP contribution in [-0.2, 0) is 9.59 Å². The van der Waals surface area contributed by atoms with Crippen molar-refractivity contribution >= 4 is 17.5 Å². The minimum Gasteiger partial charge on any atom is -0.341 e. The van der Waals surface area contributed by atoms with E-state index in [1.54, 1.807) is 4.90 Å². The molecule has 5 nitrogen and oxygen atoms in total. The summed E-state index contributed by atoms with van der Waals surface area (Å²) in [6.45, 7) is 3.02. The first-order chi connectivity index (χ1) is 10.5. The summed E-state index contributed by atoms with van der Waals surface area (Å²) >= 11 is 0. The first-order valence-corrected chi connectivity index (χ1v) is 7.56. The zero-order valence-corrected chi connectivity index (χ0v) is 12.8. The van der Waals surface area contributed by atoms with E-state index in [9.17, 15) is 14.9 Å². The summed E-state index contributed by atoms with van der Waals surface area (Å²) in [4.78, 5) is 25.8. The second-order valence-corrected chi connectivity index (χ2v) is 6.01. The third kappa shape index (κ3) is 4.32. The zero-order chi connectivity index (χ0) is 16.0. The molecule has 1 atom stereocenters. The molecule has 2 amide bonds. The molecule has 0 bridgehead atoms. The molecule has 1 heterocycles. The molecule has 0 saturated carbocycles. The molecule has 1 saturated heterocycles. The Morgan fingerprint density at radius 3 is 2.73 bits per heavy atom. The summed E-state index contributed by atoms with van der Waals surface area (Å²) in [6.07, 6.45) is 2.00. The average molecular weight is 299 g/mol. The zero-order valence-electron chi connectivity index (χ0n) is 12.8. The van der Waals surface area contributed by atoms with Crippen molar-refractivity contribution in [3.8, 4) is 6.07 Å². The van der Waals surface area contributed by atoms with Gasteiger partial charge >= 0.3 is 0 Å². The van der Waals surface area contributed by atoms with E-state index in [2.05, 4.69) is 11.4 Å². The second kappa shape index (κ2) is 7.08. The SMILES string of the molecule is CC1(C#N)CCCN(C(=O)CCC(=O)Nc2ccccc2)C1. The van der Waals surface area contributed by atoms with Crippen molar-refractivity contribution in [3.05, 3.63) is 30.3 Å². The number of carbonyl (C=O) groups excluding carboxylic acids is 2. The number of nitrogens with one attached hydrogen (secondary N) is 1. The molecule has 5 heteroatoms. The predicted molar refractivity (Wildman–Crippen MR) is 83.8 cm³/mol. The van der Waals surface area contributed by atoms with Crippen molar-refractivity contribution in [1.82, 2.24) is 4.90 Å². The molecule has 1 aliphatic heterocycles. The van der Waals surface area contributed by atoms with Crippen molar-refractivity contribution in [2.45, 2.75) is 32.6 Å². The maximum absolute atomic E-state index is 12.2. The summed E-state index contributed by atoms with van der Waals surface area (Å²) < 4.78 is 0. The molecule has 1 aromatic rings. The lowest BCUT2D eigenvalue weighted by atomic mass is 9.83. The van der Waals surface area contributed by atoms with E-state index < -0.39 is 5.41 Å². The smallest absolute Gasteiger partial charge is 0.224 e. The van der Waals surface area contributed by atoms with Crippen LogP contribution >= 0.6 is 0 Å². The van der Waals surface area contributed by atoms with Gasteiger partial charge in [0.05, 0.1) is 11.5 Å². The predicted octanol–water partition coefficient (Wildman–Crippen LogP) is 2.56. The Balaban J connectivity index is 1.80. The highest BCUT2D eigenvalue weighted by atomic mass is 16.2. The van der Waals surface area contributed by atoms with Crippen LogP contribution in [0.3, 0.4) is 0 Å². The van der Waals surface area contributed by atoms with Gasteiger partial charge in [-0.15, -0.1) is 0 Å². The van der Waals surface area contributed by atoms with E-state index in [4.69, 9.17) is 0 Å². The molecule has 0 aliphatic carbocycles. The summed E-state index contributed by atoms with van der Waals surface area (Å²) in [6, 6.07) is 11.5. The number of anilines is 1. The number of likely N-dealkylation sites (tertiary alicyclic amines) is 1. The fraction of sp³-hybridized carbons (Fsp3) is 0.471. The molecule has 1 fully saturated rings. The van der Waals surface area contributed by atoms with Crippen LogP contribution in [0.1, 0.15) is 32.6 Å². The molecule has 2 rings (SSSR count). The van der Waals surface area contributed by atoms with Gasteiger partial charge in [0.25, 0.3) is 0 Å². The molecule has 1 N–H and O–H groups in total. The van der Waals surface area contributed by atoms with Crippen molar-refractivity contribution in [2.75, 3.05) is 18.4 Å². The molecule has 0 aromatic heterocycles. The van der Waals surface area contributed by atoms with Crippen LogP contribution in [0.2, 0.25) is 0 Å². The third-order valence-electron chi connectivity index (χ3n) is 3.94. The van der Waals surface area contributed by atoms with Crippen LogP contribution in [0.5, 0.6) is 0 Å². The number of nitriles is 1. The number of hydrogen-bond acceptors (Lipinski definition) is 3. The molecule has 1 unspecified atom stereocenters. The Hall–Kier alpha value is -2.35. The standard InChI is InChI=1S/C17H21N3O2/c1-17(12-18)10-5-11-20(13-17)16(22)9-8-15(21)19-14-6-3-2-4-7-14/h2-4,6-7H,5,8-11,13H2,1H3,(H,19,21). The number of piperidine rings is 1. The third-order valence-corrected chi connectivity index (χ3v) is 3.94. The molecule has 1 aromatic carbocycles. The molecule has 116 valence electrons. The van der Waals surface area contributed by atoms with Gasteiger partial charge in [0.2, 0.25) is 11.8 Å². The summed E-state index contributed by atoms with van der Waals surface area (Å²) in [5.41, 5.74) is 0.273. The Kier molecular flexibility index (Phi) is 5.16. The second-order valence-electron chi connectivity index (χ2n) is 6.01. The maximum Gasteiger partial charge on any atom is 0.224 e. The number of benzene rings is 1. The lowest BCUT2D eigenvalue weighted by Crippen LogP contribution is -2.44. The van der Waals surface area contributed by atoms with Gasteiger partial charge in [-0.25, -0.2) is 0 Å². The van der Waals surface area contributed by atoms with Gasteiger partial charge in [-0.2, -0.15) is 5.26 Å². The lowest BCUT2D eigenvalue weighted by molar-refractivity contribution is -0.135. The van der Waals surface area contributed by atoms with E-state index in [1.807, 2.05) is 37.3 Å². The molecule has 1 aliphatic rings. The number of carbonyl (C=O) groups is 2. The Morgan fingerprint density at radius 2 is 2.05 bits per heavy atom. The summed E-state index contributed by atoms with van der Waals surface area (Å²) in [7, 11) is 0. The summed E-state index contributed by atoms with van der Waals surface area (Å²) in [5.74, 6) is -0.219. The van der Waals surface area contributed by atoms with Crippen molar-refractivity contribution in [3.63, 3.8) is 0 Å². The van der Waals surface area contributed by atoms with Gasteiger partial charge in [-0.05, 0) is 31.9 Å². The van der Waals surface area contributed by atoms with E-state index in [0.29, 0.717) is 13.1 Å². The summed E-state index contributed by atoms with van der Waals surface area (Å²) in [5, 5.41) is 11.9. The highest BCUT2D eigenvalue weighted by Crippen LogP contribution is 2.28. The molecule has 22 heavy (non-hydrogen) atoms. The highest BCUT2D eigenvalue weighted by Gasteiger charge is 2.32. The highest BCUT2D eigenvalue weighted by molar-refractivity contribution is 5.93. The normalized spacial score (nSPS) is 21.0. The van der Waals surface area contributed by atoms with E-state index in [-0.39, 0.29) is 24.7 Å². The van der Waals surface area contributed by atoms with Crippen molar-refractivity contribution in [2.24, 2.45) is 5.41 Å². The Labute approximate surface area is 130 Å². The van der Waals surface area contributed by atoms with Crippen molar-refractivity contribution in [1.29, 1.82) is 5.26 Å². The van der Waals surface area contributed by atoms with Crippen LogP contribution < -0.4 is 5.32 Å². The fourth-order valence-corrected chi connectivity index (χ4v) is 2.67. The Morgan fingerprint density at radius 1 is 1.32 bits per heavy atom. The average Bonchev–Trinajstić information content (AvgIpc) is 2.53. The van der Waals surface area contributed by atoms with E-state index >= 15 is 0 Å². The van der Waals surface area contributed by atoms with Gasteiger partial charge in [-0.1, -0.05) is 18.2 Å². The van der Waals surface area contributed by atoms with Gasteiger partial charge in [0.1, 0.15) is 0 Å². The quantitative estimate of drug-likeness (QED) is 0.928. The largest absolute Gasteiger partial charge is 0.341 e. The topological polar surface area (TPSA) is 73.2 Å². The van der Waals surface area contributed by atoms with Gasteiger partial charge in [0, 0.05) is 31.6 Å². The molecular weight excluding hydrogens is 278 g/mol. The van der Waals surface area contributed by atoms with Crippen molar-refractivity contribution < 1.29 is 9.59 Å². The molecule has 0 spiro atoms. The number of amides is 2. The number of para-hydroxylation sites is 1. The minimum absolute atomic E-state index is 0.0515. The van der Waals surface area contributed by atoms with Gasteiger partial charge in [-0.3, -0.25) is 9.59 Å².